The summed E-state index contributed by atoms with van der Waals surface area (Å²) in [5.41, 5.74) is -0.725. The summed E-state index contributed by atoms with van der Waals surface area (Å²) in [5.74, 6) is 0.305. The predicted molar refractivity (Wildman–Crippen MR) is 152 cm³/mol. The topological polar surface area (TPSA) is 121 Å². The van der Waals surface area contributed by atoms with E-state index in [0.717, 1.165) is 23.9 Å². The summed E-state index contributed by atoms with van der Waals surface area (Å²) in [6, 6.07) is 17.9. The lowest BCUT2D eigenvalue weighted by Gasteiger charge is -2.13. The molecule has 0 bridgehead atoms. The number of halogens is 3. The molecule has 5 rings (SSSR count). The Balaban J connectivity index is 1.51. The third kappa shape index (κ3) is 6.25. The van der Waals surface area contributed by atoms with E-state index in [0.29, 0.717) is 21.6 Å². The summed E-state index contributed by atoms with van der Waals surface area (Å²) in [5, 5.41) is 17.9. The standard InChI is InChI=1S/C30H24F3N5O5/c1-17(2)18-4-6-19(7-5-18)26-15-27(30(31,32)33)37-28(36-26)25(16-34-37)29(39)35-20-12-21(38(40)41)14-24(13-20)43-23-10-8-22(42-3)9-11-23/h4-17H,1-3H3,(H,35,39). The van der Waals surface area contributed by atoms with E-state index in [9.17, 15) is 28.1 Å². The first-order valence-electron chi connectivity index (χ1n) is 12.9. The minimum Gasteiger partial charge on any atom is -0.497 e. The van der Waals surface area contributed by atoms with Crippen molar-refractivity contribution in [1.82, 2.24) is 14.6 Å². The summed E-state index contributed by atoms with van der Waals surface area (Å²) < 4.78 is 53.5. The Bertz CT molecular complexity index is 1820. The molecule has 13 heteroatoms. The van der Waals surface area contributed by atoms with Crippen LogP contribution in [-0.2, 0) is 6.18 Å². The van der Waals surface area contributed by atoms with E-state index in [1.807, 2.05) is 13.8 Å². The number of ether oxygens (including phenoxy) is 2. The monoisotopic (exact) mass is 591 g/mol. The zero-order chi connectivity index (χ0) is 30.9. The van der Waals surface area contributed by atoms with Gasteiger partial charge in [-0.1, -0.05) is 38.1 Å². The Kier molecular flexibility index (Phi) is 7.72. The highest BCUT2D eigenvalue weighted by atomic mass is 19.4. The number of nitrogens with one attached hydrogen (secondary N) is 1. The molecule has 5 aromatic rings. The van der Waals surface area contributed by atoms with Crippen molar-refractivity contribution in [2.75, 3.05) is 12.4 Å². The van der Waals surface area contributed by atoms with Gasteiger partial charge in [0.05, 0.1) is 35.7 Å². The number of hydrogen-bond donors (Lipinski definition) is 1. The molecule has 1 N–H and O–H groups in total. The van der Waals surface area contributed by atoms with Crippen LogP contribution in [0.1, 0.15) is 41.4 Å². The number of anilines is 1. The number of hydrogen-bond acceptors (Lipinski definition) is 7. The first-order chi connectivity index (χ1) is 20.4. The Hall–Kier alpha value is -5.46. The SMILES string of the molecule is COc1ccc(Oc2cc(NC(=O)c3cnn4c(C(F)(F)F)cc(-c5ccc(C(C)C)cc5)nc34)cc([N+](=O)[O-])c2)cc1. The molecule has 2 heterocycles. The van der Waals surface area contributed by atoms with E-state index in [1.165, 1.54) is 19.2 Å². The number of rotatable bonds is 8. The molecule has 1 amide bonds. The number of benzene rings is 3. The fourth-order valence-electron chi connectivity index (χ4n) is 4.31. The second kappa shape index (κ2) is 11.4. The van der Waals surface area contributed by atoms with Crippen LogP contribution in [0.2, 0.25) is 0 Å². The van der Waals surface area contributed by atoms with Gasteiger partial charge in [-0.15, -0.1) is 0 Å². The Morgan fingerprint density at radius 3 is 2.26 bits per heavy atom. The average molecular weight is 592 g/mol. The molecule has 10 nitrogen and oxygen atoms in total. The number of fused-ring (bicyclic) bond motifs is 1. The molecular weight excluding hydrogens is 567 g/mol. The summed E-state index contributed by atoms with van der Waals surface area (Å²) in [6.07, 6.45) is -3.84. The summed E-state index contributed by atoms with van der Waals surface area (Å²) >= 11 is 0. The Labute approximate surface area is 242 Å². The molecule has 43 heavy (non-hydrogen) atoms. The van der Waals surface area contributed by atoms with Gasteiger partial charge in [0.2, 0.25) is 0 Å². The molecule has 220 valence electrons. The zero-order valence-corrected chi connectivity index (χ0v) is 23.0. The quantitative estimate of drug-likeness (QED) is 0.146. The lowest BCUT2D eigenvalue weighted by atomic mass is 10.0. The van der Waals surface area contributed by atoms with Crippen LogP contribution in [0.3, 0.4) is 0 Å². The lowest BCUT2D eigenvalue weighted by molar-refractivity contribution is -0.384. The van der Waals surface area contributed by atoms with Crippen LogP contribution in [-0.4, -0.2) is 32.5 Å². The van der Waals surface area contributed by atoms with Crippen molar-refractivity contribution in [3.05, 3.63) is 106 Å². The number of carbonyl (C=O) groups is 1. The van der Waals surface area contributed by atoms with Gasteiger partial charge < -0.3 is 14.8 Å². The Morgan fingerprint density at radius 1 is 0.977 bits per heavy atom. The highest BCUT2D eigenvalue weighted by Gasteiger charge is 2.36. The molecule has 0 radical (unpaired) electrons. The van der Waals surface area contributed by atoms with Crippen LogP contribution in [0.5, 0.6) is 17.2 Å². The maximum Gasteiger partial charge on any atom is 0.433 e. The number of amides is 1. The maximum atomic E-state index is 14.1. The zero-order valence-electron chi connectivity index (χ0n) is 23.0. The van der Waals surface area contributed by atoms with Gasteiger partial charge in [-0.05, 0) is 41.8 Å². The molecular formula is C30H24F3N5O5. The molecule has 0 aliphatic heterocycles. The second-order valence-corrected chi connectivity index (χ2v) is 9.80. The van der Waals surface area contributed by atoms with Crippen LogP contribution >= 0.6 is 0 Å². The minimum atomic E-state index is -4.80. The number of nitrogens with zero attached hydrogens (tertiary/aromatic N) is 4. The predicted octanol–water partition coefficient (Wildman–Crippen LogP) is 7.50. The molecule has 0 saturated carbocycles. The van der Waals surface area contributed by atoms with Crippen molar-refractivity contribution in [3.63, 3.8) is 0 Å². The van der Waals surface area contributed by atoms with E-state index in [2.05, 4.69) is 15.4 Å². The fourth-order valence-corrected chi connectivity index (χ4v) is 4.31. The van der Waals surface area contributed by atoms with Gasteiger partial charge in [-0.3, -0.25) is 14.9 Å². The third-order valence-corrected chi connectivity index (χ3v) is 6.54. The minimum absolute atomic E-state index is 0.00444. The summed E-state index contributed by atoms with van der Waals surface area (Å²) in [7, 11) is 1.50. The normalized spacial score (nSPS) is 11.5. The van der Waals surface area contributed by atoms with E-state index >= 15 is 0 Å². The fraction of sp³-hybridized carbons (Fsp3) is 0.167. The number of methoxy groups -OCH3 is 1. The van der Waals surface area contributed by atoms with E-state index in [-0.39, 0.29) is 39.9 Å². The summed E-state index contributed by atoms with van der Waals surface area (Å²) in [4.78, 5) is 28.6. The third-order valence-electron chi connectivity index (χ3n) is 6.54. The van der Waals surface area contributed by atoms with Crippen molar-refractivity contribution >= 4 is 22.9 Å². The first kappa shape index (κ1) is 29.0. The number of nitro groups is 1. The maximum absolute atomic E-state index is 14.1. The first-order valence-corrected chi connectivity index (χ1v) is 12.9. The van der Waals surface area contributed by atoms with Crippen molar-refractivity contribution < 1.29 is 32.4 Å². The van der Waals surface area contributed by atoms with Crippen LogP contribution in [0.25, 0.3) is 16.9 Å². The Morgan fingerprint density at radius 2 is 1.65 bits per heavy atom. The van der Waals surface area contributed by atoms with Crippen molar-refractivity contribution in [2.45, 2.75) is 25.9 Å². The van der Waals surface area contributed by atoms with Crippen LogP contribution in [0.4, 0.5) is 24.5 Å². The van der Waals surface area contributed by atoms with Gasteiger partial charge in [-0.25, -0.2) is 9.50 Å². The van der Waals surface area contributed by atoms with Gasteiger partial charge in [0.15, 0.2) is 11.3 Å². The van der Waals surface area contributed by atoms with E-state index in [1.54, 1.807) is 48.5 Å². The molecule has 0 atom stereocenters. The van der Waals surface area contributed by atoms with Gasteiger partial charge in [-0.2, -0.15) is 18.3 Å². The van der Waals surface area contributed by atoms with Crippen molar-refractivity contribution in [1.29, 1.82) is 0 Å². The molecule has 3 aromatic carbocycles. The van der Waals surface area contributed by atoms with E-state index in [4.69, 9.17) is 9.47 Å². The lowest BCUT2D eigenvalue weighted by Crippen LogP contribution is -2.16. The van der Waals surface area contributed by atoms with Gasteiger partial charge >= 0.3 is 6.18 Å². The largest absolute Gasteiger partial charge is 0.497 e. The number of non-ortho nitro benzene ring substituents is 1. The van der Waals surface area contributed by atoms with Gasteiger partial charge in [0.25, 0.3) is 11.6 Å². The molecule has 0 spiro atoms. The highest BCUT2D eigenvalue weighted by molar-refractivity contribution is 6.08. The van der Waals surface area contributed by atoms with Crippen LogP contribution in [0.15, 0.2) is 79.0 Å². The van der Waals surface area contributed by atoms with Gasteiger partial charge in [0, 0.05) is 17.7 Å². The molecule has 0 unspecified atom stereocenters. The highest BCUT2D eigenvalue weighted by Crippen LogP contribution is 2.34. The number of carbonyl (C=O) groups excluding carboxylic acids is 1. The number of nitro benzene ring substituents is 1. The average Bonchev–Trinajstić information content (AvgIpc) is 3.40. The smallest absolute Gasteiger partial charge is 0.433 e. The number of aromatic nitrogens is 3. The van der Waals surface area contributed by atoms with E-state index < -0.39 is 22.7 Å². The number of alkyl halides is 3. The van der Waals surface area contributed by atoms with Gasteiger partial charge in [0.1, 0.15) is 22.8 Å². The van der Waals surface area contributed by atoms with Crippen LogP contribution in [0, 0.1) is 10.1 Å². The molecule has 0 fully saturated rings. The molecule has 0 aliphatic rings. The molecule has 0 saturated heterocycles. The second-order valence-electron chi connectivity index (χ2n) is 9.80. The summed E-state index contributed by atoms with van der Waals surface area (Å²) in [6.45, 7) is 3.99. The molecule has 0 aliphatic carbocycles. The molecule has 2 aromatic heterocycles. The van der Waals surface area contributed by atoms with Crippen LogP contribution < -0.4 is 14.8 Å². The van der Waals surface area contributed by atoms with Crippen molar-refractivity contribution in [3.8, 4) is 28.5 Å². The van der Waals surface area contributed by atoms with Crippen molar-refractivity contribution in [2.24, 2.45) is 0 Å².